The number of hydrogen-bond acceptors (Lipinski definition) is 8. The Kier molecular flexibility index (Phi) is 5.89. The smallest absolute Gasteiger partial charge is 0.257 e. The minimum absolute atomic E-state index is 0.228. The van der Waals surface area contributed by atoms with Gasteiger partial charge >= 0.3 is 0 Å². The maximum Gasteiger partial charge on any atom is 0.257 e. The second-order valence-electron chi connectivity index (χ2n) is 5.87. The third kappa shape index (κ3) is 4.83. The van der Waals surface area contributed by atoms with E-state index >= 15 is 0 Å². The summed E-state index contributed by atoms with van der Waals surface area (Å²) < 4.78 is 34.5. The van der Waals surface area contributed by atoms with Gasteiger partial charge in [-0.1, -0.05) is 6.07 Å². The topological polar surface area (TPSA) is 93.7 Å². The summed E-state index contributed by atoms with van der Waals surface area (Å²) in [5.74, 6) is 1.69. The Balaban J connectivity index is 1.56. The maximum absolute atomic E-state index is 11.6. The molecule has 8 nitrogen and oxygen atoms in total. The summed E-state index contributed by atoms with van der Waals surface area (Å²) >= 11 is 0. The molecular formula is C17H22N4O4S. The zero-order valence-electron chi connectivity index (χ0n) is 14.6. The SMILES string of the molecule is CS(=O)(=O)c1cccc(OCCOc2nccnc2N2CCNCC2)c1. The number of nitrogens with one attached hydrogen (secondary N) is 1. The van der Waals surface area contributed by atoms with Crippen molar-refractivity contribution in [1.29, 1.82) is 0 Å². The number of rotatable bonds is 7. The predicted octanol–water partition coefficient (Wildman–Crippen LogP) is 0.748. The number of sulfone groups is 1. The van der Waals surface area contributed by atoms with Crippen molar-refractivity contribution in [2.75, 3.05) is 50.5 Å². The number of benzene rings is 1. The molecule has 2 aromatic rings. The fourth-order valence-corrected chi connectivity index (χ4v) is 3.26. The second kappa shape index (κ2) is 8.33. The van der Waals surface area contributed by atoms with Crippen LogP contribution in [0.2, 0.25) is 0 Å². The summed E-state index contributed by atoms with van der Waals surface area (Å²) in [6, 6.07) is 6.41. The molecule has 1 aromatic carbocycles. The average molecular weight is 378 g/mol. The Hall–Kier alpha value is -2.39. The number of hydrogen-bond donors (Lipinski definition) is 1. The highest BCUT2D eigenvalue weighted by Crippen LogP contribution is 2.23. The molecule has 1 fully saturated rings. The van der Waals surface area contributed by atoms with Crippen LogP contribution in [0, 0.1) is 0 Å². The van der Waals surface area contributed by atoms with E-state index in [0.29, 0.717) is 11.6 Å². The average Bonchev–Trinajstić information content (AvgIpc) is 2.66. The molecule has 0 amide bonds. The summed E-state index contributed by atoms with van der Waals surface area (Å²) in [5.41, 5.74) is 0. The highest BCUT2D eigenvalue weighted by molar-refractivity contribution is 7.90. The first kappa shape index (κ1) is 18.4. The molecule has 0 unspecified atom stereocenters. The zero-order valence-corrected chi connectivity index (χ0v) is 15.4. The van der Waals surface area contributed by atoms with E-state index in [1.165, 1.54) is 18.4 Å². The van der Waals surface area contributed by atoms with E-state index < -0.39 is 9.84 Å². The van der Waals surface area contributed by atoms with E-state index in [2.05, 4.69) is 20.2 Å². The van der Waals surface area contributed by atoms with Crippen LogP contribution in [0.4, 0.5) is 5.82 Å². The summed E-state index contributed by atoms with van der Waals surface area (Å²) in [6.07, 6.45) is 4.41. The van der Waals surface area contributed by atoms with Gasteiger partial charge in [0.05, 0.1) is 4.90 Å². The van der Waals surface area contributed by atoms with E-state index in [4.69, 9.17) is 9.47 Å². The third-order valence-corrected chi connectivity index (χ3v) is 5.00. The maximum atomic E-state index is 11.6. The van der Waals surface area contributed by atoms with Gasteiger partial charge in [-0.05, 0) is 18.2 Å². The normalized spacial score (nSPS) is 14.9. The number of ether oxygens (including phenoxy) is 2. The Bertz CT molecular complexity index is 838. The van der Waals surface area contributed by atoms with Crippen molar-refractivity contribution in [3.63, 3.8) is 0 Å². The van der Waals surface area contributed by atoms with Gasteiger partial charge in [-0.2, -0.15) is 0 Å². The number of piperazine rings is 1. The lowest BCUT2D eigenvalue weighted by atomic mass is 10.3. The molecule has 0 atom stereocenters. The molecule has 1 saturated heterocycles. The van der Waals surface area contributed by atoms with Gasteiger partial charge < -0.3 is 19.7 Å². The Morgan fingerprint density at radius 3 is 2.62 bits per heavy atom. The molecule has 1 aromatic heterocycles. The van der Waals surface area contributed by atoms with Crippen molar-refractivity contribution in [2.45, 2.75) is 4.90 Å². The lowest BCUT2D eigenvalue weighted by molar-refractivity contribution is 0.211. The standard InChI is InChI=1S/C17H22N4O4S/c1-26(22,23)15-4-2-3-14(13-15)24-11-12-25-17-16(19-5-6-20-17)21-9-7-18-8-10-21/h2-6,13,18H,7-12H2,1H3. The van der Waals surface area contributed by atoms with Crippen LogP contribution in [0.3, 0.4) is 0 Å². The van der Waals surface area contributed by atoms with E-state index in [0.717, 1.165) is 32.0 Å². The third-order valence-electron chi connectivity index (χ3n) is 3.89. The Labute approximate surface area is 153 Å². The van der Waals surface area contributed by atoms with Gasteiger partial charge in [-0.25, -0.2) is 18.4 Å². The fourth-order valence-electron chi connectivity index (χ4n) is 2.61. The van der Waals surface area contributed by atoms with Gasteiger partial charge in [0, 0.05) is 44.8 Å². The molecule has 0 bridgehead atoms. The van der Waals surface area contributed by atoms with Gasteiger partial charge in [0.2, 0.25) is 0 Å². The van der Waals surface area contributed by atoms with Gasteiger partial charge in [-0.3, -0.25) is 0 Å². The van der Waals surface area contributed by atoms with Gasteiger partial charge in [0.1, 0.15) is 19.0 Å². The van der Waals surface area contributed by atoms with E-state index in [1.54, 1.807) is 24.5 Å². The first-order valence-electron chi connectivity index (χ1n) is 8.36. The van der Waals surface area contributed by atoms with Crippen molar-refractivity contribution in [2.24, 2.45) is 0 Å². The first-order valence-corrected chi connectivity index (χ1v) is 10.3. The number of anilines is 1. The summed E-state index contributed by atoms with van der Waals surface area (Å²) in [6.45, 7) is 4.05. The largest absolute Gasteiger partial charge is 0.490 e. The summed E-state index contributed by atoms with van der Waals surface area (Å²) in [4.78, 5) is 11.0. The number of aromatic nitrogens is 2. The molecule has 140 valence electrons. The van der Waals surface area contributed by atoms with Crippen molar-refractivity contribution >= 4 is 15.7 Å². The van der Waals surface area contributed by atoms with Crippen LogP contribution in [0.5, 0.6) is 11.6 Å². The van der Waals surface area contributed by atoms with Crippen molar-refractivity contribution in [3.8, 4) is 11.6 Å². The Morgan fingerprint density at radius 1 is 1.12 bits per heavy atom. The highest BCUT2D eigenvalue weighted by Gasteiger charge is 2.17. The van der Waals surface area contributed by atoms with Crippen LogP contribution < -0.4 is 19.7 Å². The molecule has 0 spiro atoms. The van der Waals surface area contributed by atoms with E-state index in [1.807, 2.05) is 0 Å². The molecule has 0 radical (unpaired) electrons. The quantitative estimate of drug-likeness (QED) is 0.706. The Morgan fingerprint density at radius 2 is 1.85 bits per heavy atom. The van der Waals surface area contributed by atoms with Crippen molar-refractivity contribution < 1.29 is 17.9 Å². The zero-order chi connectivity index (χ0) is 18.4. The molecule has 0 aliphatic carbocycles. The highest BCUT2D eigenvalue weighted by atomic mass is 32.2. The molecule has 1 aliphatic rings. The summed E-state index contributed by atoms with van der Waals surface area (Å²) in [5, 5.41) is 3.30. The van der Waals surface area contributed by atoms with Crippen LogP contribution in [-0.2, 0) is 9.84 Å². The molecule has 3 rings (SSSR count). The van der Waals surface area contributed by atoms with Crippen LogP contribution in [0.25, 0.3) is 0 Å². The molecular weight excluding hydrogens is 356 g/mol. The predicted molar refractivity (Wildman–Crippen MR) is 97.7 cm³/mol. The second-order valence-corrected chi connectivity index (χ2v) is 7.88. The van der Waals surface area contributed by atoms with Crippen LogP contribution in [0.1, 0.15) is 0 Å². The molecule has 9 heteroatoms. The monoisotopic (exact) mass is 378 g/mol. The molecule has 2 heterocycles. The number of nitrogens with zero attached hydrogens (tertiary/aromatic N) is 3. The van der Waals surface area contributed by atoms with E-state index in [9.17, 15) is 8.42 Å². The van der Waals surface area contributed by atoms with Gasteiger partial charge in [-0.15, -0.1) is 0 Å². The first-order chi connectivity index (χ1) is 12.5. The van der Waals surface area contributed by atoms with Crippen LogP contribution in [-0.4, -0.2) is 64.0 Å². The van der Waals surface area contributed by atoms with Crippen molar-refractivity contribution in [3.05, 3.63) is 36.7 Å². The minimum atomic E-state index is -3.26. The fraction of sp³-hybridized carbons (Fsp3) is 0.412. The van der Waals surface area contributed by atoms with E-state index in [-0.39, 0.29) is 18.1 Å². The molecule has 26 heavy (non-hydrogen) atoms. The molecule has 1 aliphatic heterocycles. The lowest BCUT2D eigenvalue weighted by Gasteiger charge is -2.28. The molecule has 1 N–H and O–H groups in total. The minimum Gasteiger partial charge on any atom is -0.490 e. The lowest BCUT2D eigenvalue weighted by Crippen LogP contribution is -2.44. The van der Waals surface area contributed by atoms with Crippen LogP contribution >= 0.6 is 0 Å². The molecule has 0 saturated carbocycles. The van der Waals surface area contributed by atoms with Crippen molar-refractivity contribution in [1.82, 2.24) is 15.3 Å². The van der Waals surface area contributed by atoms with Crippen LogP contribution in [0.15, 0.2) is 41.6 Å². The van der Waals surface area contributed by atoms with Gasteiger partial charge in [0.15, 0.2) is 15.7 Å². The van der Waals surface area contributed by atoms with Gasteiger partial charge in [0.25, 0.3) is 5.88 Å². The summed E-state index contributed by atoms with van der Waals surface area (Å²) in [7, 11) is -3.26.